The van der Waals surface area contributed by atoms with Crippen molar-refractivity contribution in [3.05, 3.63) is 41.6 Å². The largest absolute Gasteiger partial charge is 0.461 e. The van der Waals surface area contributed by atoms with Crippen LogP contribution in [0, 0.1) is 0 Å². The van der Waals surface area contributed by atoms with Crippen molar-refractivity contribution in [3.8, 4) is 6.01 Å². The van der Waals surface area contributed by atoms with Crippen LogP contribution in [0.15, 0.2) is 30.5 Å². The van der Waals surface area contributed by atoms with Crippen molar-refractivity contribution in [2.24, 2.45) is 0 Å². The molecule has 0 saturated carbocycles. The molecule has 0 aliphatic heterocycles. The lowest BCUT2D eigenvalue weighted by atomic mass is 9.87. The van der Waals surface area contributed by atoms with E-state index in [1.54, 1.807) is 27.0 Å². The van der Waals surface area contributed by atoms with Gasteiger partial charge >= 0.3 is 12.2 Å². The number of aromatic nitrogens is 2. The first kappa shape index (κ1) is 20.0. The van der Waals surface area contributed by atoms with Gasteiger partial charge in [0.15, 0.2) is 5.82 Å². The lowest BCUT2D eigenvalue weighted by Crippen LogP contribution is -2.21. The minimum atomic E-state index is -4.57. The third kappa shape index (κ3) is 4.65. The van der Waals surface area contributed by atoms with Crippen LogP contribution in [0.2, 0.25) is 0 Å². The van der Waals surface area contributed by atoms with Crippen LogP contribution < -0.4 is 9.64 Å². The van der Waals surface area contributed by atoms with Crippen molar-refractivity contribution < 1.29 is 17.9 Å². The maximum atomic E-state index is 13.4. The summed E-state index contributed by atoms with van der Waals surface area (Å²) >= 11 is 0. The summed E-state index contributed by atoms with van der Waals surface area (Å²) < 4.78 is 45.7. The molecule has 2 aromatic rings. The molecule has 0 N–H and O–H groups in total. The van der Waals surface area contributed by atoms with Gasteiger partial charge in [-0.3, -0.25) is 0 Å². The third-order valence-corrected chi connectivity index (χ3v) is 3.81. The normalized spacial score (nSPS) is 12.4. The van der Waals surface area contributed by atoms with Gasteiger partial charge in [0.25, 0.3) is 0 Å². The van der Waals surface area contributed by atoms with E-state index >= 15 is 0 Å². The highest BCUT2D eigenvalue weighted by Gasteiger charge is 2.37. The topological polar surface area (TPSA) is 38.2 Å². The Kier molecular flexibility index (Phi) is 5.49. The maximum Gasteiger partial charge on any atom is 0.421 e. The van der Waals surface area contributed by atoms with Crippen LogP contribution in [0.5, 0.6) is 6.01 Å². The SMILES string of the molecule is CC(C)Oc1ncc(C(F)(F)F)c(N(C)c2cccc(C(C)(C)C)c2)n1. The molecule has 4 nitrogen and oxygen atoms in total. The maximum absolute atomic E-state index is 13.4. The minimum absolute atomic E-state index is 0.0816. The van der Waals surface area contributed by atoms with Gasteiger partial charge in [-0.1, -0.05) is 32.9 Å². The Balaban J connectivity index is 2.54. The van der Waals surface area contributed by atoms with Gasteiger partial charge in [-0.2, -0.15) is 18.2 Å². The number of rotatable bonds is 4. The number of ether oxygens (including phenoxy) is 1. The highest BCUT2D eigenvalue weighted by molar-refractivity contribution is 5.63. The Morgan fingerprint density at radius 1 is 1.12 bits per heavy atom. The lowest BCUT2D eigenvalue weighted by Gasteiger charge is -2.25. The summed E-state index contributed by atoms with van der Waals surface area (Å²) in [5.41, 5.74) is 0.596. The van der Waals surface area contributed by atoms with Crippen LogP contribution in [-0.2, 0) is 11.6 Å². The second kappa shape index (κ2) is 7.13. The molecule has 26 heavy (non-hydrogen) atoms. The summed E-state index contributed by atoms with van der Waals surface area (Å²) in [4.78, 5) is 9.13. The Hall–Kier alpha value is -2.31. The van der Waals surface area contributed by atoms with Gasteiger partial charge in [0.05, 0.1) is 6.10 Å². The number of benzene rings is 1. The van der Waals surface area contributed by atoms with Crippen molar-refractivity contribution in [2.45, 2.75) is 52.3 Å². The highest BCUT2D eigenvalue weighted by atomic mass is 19.4. The van der Waals surface area contributed by atoms with Crippen LogP contribution in [0.4, 0.5) is 24.7 Å². The number of halogens is 3. The molecular weight excluding hydrogens is 343 g/mol. The number of hydrogen-bond acceptors (Lipinski definition) is 4. The van der Waals surface area contributed by atoms with E-state index in [1.807, 2.05) is 39.0 Å². The fourth-order valence-corrected chi connectivity index (χ4v) is 2.38. The highest BCUT2D eigenvalue weighted by Crippen LogP contribution is 2.38. The van der Waals surface area contributed by atoms with Crippen LogP contribution in [0.1, 0.15) is 45.7 Å². The van der Waals surface area contributed by atoms with Crippen molar-refractivity contribution in [1.82, 2.24) is 9.97 Å². The summed E-state index contributed by atoms with van der Waals surface area (Å²) in [6.45, 7) is 9.67. The quantitative estimate of drug-likeness (QED) is 0.730. The van der Waals surface area contributed by atoms with Crippen LogP contribution in [0.3, 0.4) is 0 Å². The van der Waals surface area contributed by atoms with Gasteiger partial charge in [-0.25, -0.2) is 4.98 Å². The molecule has 0 radical (unpaired) electrons. The van der Waals surface area contributed by atoms with Crippen molar-refractivity contribution in [1.29, 1.82) is 0 Å². The summed E-state index contributed by atoms with van der Waals surface area (Å²) in [5, 5.41) is 0. The van der Waals surface area contributed by atoms with E-state index < -0.39 is 11.7 Å². The van der Waals surface area contributed by atoms with E-state index in [9.17, 15) is 13.2 Å². The van der Waals surface area contributed by atoms with Crippen molar-refractivity contribution in [3.63, 3.8) is 0 Å². The zero-order valence-electron chi connectivity index (χ0n) is 15.8. The third-order valence-electron chi connectivity index (χ3n) is 3.81. The van der Waals surface area contributed by atoms with E-state index in [2.05, 4.69) is 9.97 Å². The van der Waals surface area contributed by atoms with E-state index in [0.717, 1.165) is 11.8 Å². The second-order valence-corrected chi connectivity index (χ2v) is 7.41. The van der Waals surface area contributed by atoms with Crippen molar-refractivity contribution in [2.75, 3.05) is 11.9 Å². The molecule has 0 amide bonds. The van der Waals surface area contributed by atoms with E-state index in [0.29, 0.717) is 5.69 Å². The molecule has 0 atom stereocenters. The molecular formula is C19H24F3N3O. The molecule has 1 aromatic heterocycles. The predicted molar refractivity (Wildman–Crippen MR) is 96.0 cm³/mol. The lowest BCUT2D eigenvalue weighted by molar-refractivity contribution is -0.137. The molecule has 142 valence electrons. The average Bonchev–Trinajstić information content (AvgIpc) is 2.51. The summed E-state index contributed by atoms with van der Waals surface area (Å²) in [7, 11) is 1.55. The number of anilines is 2. The average molecular weight is 367 g/mol. The molecule has 1 heterocycles. The molecule has 0 spiro atoms. The fraction of sp³-hybridized carbons (Fsp3) is 0.474. The molecule has 0 saturated heterocycles. The van der Waals surface area contributed by atoms with Crippen molar-refractivity contribution >= 4 is 11.5 Å². The molecule has 2 rings (SSSR count). The van der Waals surface area contributed by atoms with Crippen LogP contribution in [-0.4, -0.2) is 23.1 Å². The zero-order chi connectivity index (χ0) is 19.7. The minimum Gasteiger partial charge on any atom is -0.461 e. The molecule has 1 aromatic carbocycles. The van der Waals surface area contributed by atoms with E-state index in [-0.39, 0.29) is 23.3 Å². The smallest absolute Gasteiger partial charge is 0.421 e. The number of alkyl halides is 3. The van der Waals surface area contributed by atoms with Gasteiger partial charge < -0.3 is 9.64 Å². The first-order valence-corrected chi connectivity index (χ1v) is 8.34. The molecule has 0 bridgehead atoms. The zero-order valence-corrected chi connectivity index (χ0v) is 15.8. The summed E-state index contributed by atoms with van der Waals surface area (Å²) in [6.07, 6.45) is -4.04. The van der Waals surface area contributed by atoms with Gasteiger partial charge in [0, 0.05) is 18.9 Å². The Labute approximate surface area is 152 Å². The van der Waals surface area contributed by atoms with Crippen LogP contribution in [0.25, 0.3) is 0 Å². The van der Waals surface area contributed by atoms with Gasteiger partial charge in [-0.15, -0.1) is 0 Å². The fourth-order valence-electron chi connectivity index (χ4n) is 2.38. The molecule has 0 aliphatic rings. The van der Waals surface area contributed by atoms with E-state index in [4.69, 9.17) is 4.74 Å². The molecule has 0 aliphatic carbocycles. The second-order valence-electron chi connectivity index (χ2n) is 7.41. The summed E-state index contributed by atoms with van der Waals surface area (Å²) in [6, 6.07) is 7.31. The monoisotopic (exact) mass is 367 g/mol. The summed E-state index contributed by atoms with van der Waals surface area (Å²) in [5.74, 6) is -0.241. The van der Waals surface area contributed by atoms with Gasteiger partial charge in [0.1, 0.15) is 5.56 Å². The number of hydrogen-bond donors (Lipinski definition) is 0. The molecule has 0 fully saturated rings. The first-order chi connectivity index (χ1) is 11.9. The van der Waals surface area contributed by atoms with Gasteiger partial charge in [-0.05, 0) is 37.0 Å². The van der Waals surface area contributed by atoms with E-state index in [1.165, 1.54) is 4.90 Å². The molecule has 7 heteroatoms. The Morgan fingerprint density at radius 3 is 2.31 bits per heavy atom. The van der Waals surface area contributed by atoms with Gasteiger partial charge in [0.2, 0.25) is 0 Å². The first-order valence-electron chi connectivity index (χ1n) is 8.34. The Morgan fingerprint density at radius 2 is 1.77 bits per heavy atom. The Bertz CT molecular complexity index is 767. The predicted octanol–water partition coefficient (Wildman–Crippen LogP) is 5.35. The number of nitrogens with zero attached hydrogens (tertiary/aromatic N) is 3. The van der Waals surface area contributed by atoms with Crippen LogP contribution >= 0.6 is 0 Å². The molecule has 0 unspecified atom stereocenters. The standard InChI is InChI=1S/C19H24F3N3O/c1-12(2)26-17-23-11-15(19(20,21)22)16(24-17)25(6)14-9-7-8-13(10-14)18(3,4)5/h7-12H,1-6H3.